The number of carbonyl (C=O) groups is 1. The summed E-state index contributed by atoms with van der Waals surface area (Å²) in [6, 6.07) is 7.49. The molecule has 0 fully saturated rings. The minimum absolute atomic E-state index is 0.146. The first kappa shape index (κ1) is 13.8. The van der Waals surface area contributed by atoms with Crippen LogP contribution in [-0.4, -0.2) is 34.7 Å². The van der Waals surface area contributed by atoms with E-state index in [1.54, 1.807) is 13.2 Å². The first-order valence-corrected chi connectivity index (χ1v) is 6.22. The summed E-state index contributed by atoms with van der Waals surface area (Å²) in [5.41, 5.74) is 0.912. The predicted octanol–water partition coefficient (Wildman–Crippen LogP) is 1.19. The van der Waals surface area contributed by atoms with Crippen LogP contribution in [0.25, 0.3) is 6.08 Å². The average Bonchev–Trinajstić information content (AvgIpc) is 2.98. The van der Waals surface area contributed by atoms with Gasteiger partial charge in [0.05, 0.1) is 7.11 Å². The summed E-state index contributed by atoms with van der Waals surface area (Å²) in [7, 11) is 1.61. The topological polar surface area (TPSA) is 79.9 Å². The van der Waals surface area contributed by atoms with Crippen molar-refractivity contribution in [3.05, 3.63) is 48.1 Å². The lowest BCUT2D eigenvalue weighted by Gasteiger charge is -2.01. The quantitative estimate of drug-likeness (QED) is 0.774. The number of hydrogen-bond acceptors (Lipinski definition) is 4. The molecule has 1 aromatic carbocycles. The molecule has 0 aliphatic heterocycles. The molecule has 2 N–H and O–H groups in total. The van der Waals surface area contributed by atoms with Gasteiger partial charge in [-0.15, -0.1) is 0 Å². The van der Waals surface area contributed by atoms with Gasteiger partial charge in [0.1, 0.15) is 17.9 Å². The Bertz CT molecular complexity index is 579. The van der Waals surface area contributed by atoms with Gasteiger partial charge >= 0.3 is 0 Å². The third-order valence-electron chi connectivity index (χ3n) is 2.65. The average molecular weight is 272 g/mol. The minimum Gasteiger partial charge on any atom is -0.497 e. The predicted molar refractivity (Wildman–Crippen MR) is 75.1 cm³/mol. The number of carbonyl (C=O) groups excluding carboxylic acids is 1. The van der Waals surface area contributed by atoms with E-state index in [0.717, 1.165) is 17.1 Å². The highest BCUT2D eigenvalue weighted by Crippen LogP contribution is 2.13. The van der Waals surface area contributed by atoms with Crippen LogP contribution in [0, 0.1) is 0 Å². The Labute approximate surface area is 116 Å². The summed E-state index contributed by atoms with van der Waals surface area (Å²) in [6.45, 7) is 0.510. The number of hydrogen-bond donors (Lipinski definition) is 2. The second-order valence-corrected chi connectivity index (χ2v) is 4.08. The highest BCUT2D eigenvalue weighted by molar-refractivity contribution is 5.91. The maximum Gasteiger partial charge on any atom is 0.244 e. The van der Waals surface area contributed by atoms with Crippen LogP contribution in [0.3, 0.4) is 0 Å². The summed E-state index contributed by atoms with van der Waals surface area (Å²) in [5, 5.41) is 9.25. The molecule has 0 atom stereocenters. The second kappa shape index (κ2) is 7.08. The van der Waals surface area contributed by atoms with E-state index in [-0.39, 0.29) is 5.91 Å². The Kier molecular flexibility index (Phi) is 4.88. The molecule has 1 aromatic heterocycles. The molecule has 0 unspecified atom stereocenters. The van der Waals surface area contributed by atoms with Gasteiger partial charge in [-0.1, -0.05) is 12.1 Å². The summed E-state index contributed by atoms with van der Waals surface area (Å²) >= 11 is 0. The third kappa shape index (κ3) is 4.24. The maximum atomic E-state index is 11.6. The molecule has 104 valence electrons. The van der Waals surface area contributed by atoms with E-state index in [0.29, 0.717) is 13.0 Å². The number of nitrogens with one attached hydrogen (secondary N) is 2. The van der Waals surface area contributed by atoms with Crippen LogP contribution in [0.1, 0.15) is 11.4 Å². The van der Waals surface area contributed by atoms with E-state index in [4.69, 9.17) is 4.74 Å². The molecule has 0 saturated heterocycles. The molecule has 6 nitrogen and oxygen atoms in total. The van der Waals surface area contributed by atoms with Crippen molar-refractivity contribution in [1.82, 2.24) is 20.5 Å². The lowest BCUT2D eigenvalue weighted by atomic mass is 10.2. The van der Waals surface area contributed by atoms with Gasteiger partial charge in [-0.05, 0) is 23.8 Å². The van der Waals surface area contributed by atoms with Crippen molar-refractivity contribution < 1.29 is 9.53 Å². The van der Waals surface area contributed by atoms with Gasteiger partial charge in [0.15, 0.2) is 0 Å². The molecule has 0 spiro atoms. The molecule has 2 aromatic rings. The molecule has 0 radical (unpaired) electrons. The van der Waals surface area contributed by atoms with Crippen LogP contribution in [0.15, 0.2) is 36.7 Å². The van der Waals surface area contributed by atoms with E-state index >= 15 is 0 Å². The number of amides is 1. The zero-order valence-electron chi connectivity index (χ0n) is 11.2. The number of aromatic amines is 1. The largest absolute Gasteiger partial charge is 0.497 e. The number of benzene rings is 1. The van der Waals surface area contributed by atoms with Crippen molar-refractivity contribution >= 4 is 12.0 Å². The lowest BCUT2D eigenvalue weighted by molar-refractivity contribution is -0.116. The summed E-state index contributed by atoms with van der Waals surface area (Å²) in [4.78, 5) is 15.6. The molecule has 0 aliphatic carbocycles. The number of nitrogens with zero attached hydrogens (tertiary/aromatic N) is 2. The van der Waals surface area contributed by atoms with Gasteiger partial charge < -0.3 is 10.1 Å². The van der Waals surface area contributed by atoms with Gasteiger partial charge in [-0.2, -0.15) is 5.10 Å². The van der Waals surface area contributed by atoms with Crippen molar-refractivity contribution in [3.8, 4) is 5.75 Å². The highest BCUT2D eigenvalue weighted by atomic mass is 16.5. The molecular weight excluding hydrogens is 256 g/mol. The third-order valence-corrected chi connectivity index (χ3v) is 2.65. The first-order chi connectivity index (χ1) is 9.78. The Morgan fingerprint density at radius 3 is 3.15 bits per heavy atom. The van der Waals surface area contributed by atoms with Crippen molar-refractivity contribution in [1.29, 1.82) is 0 Å². The second-order valence-electron chi connectivity index (χ2n) is 4.08. The maximum absolute atomic E-state index is 11.6. The van der Waals surface area contributed by atoms with E-state index in [1.165, 1.54) is 12.4 Å². The van der Waals surface area contributed by atoms with Crippen molar-refractivity contribution in [3.63, 3.8) is 0 Å². The van der Waals surface area contributed by atoms with Crippen LogP contribution in [0.5, 0.6) is 5.75 Å². The molecule has 6 heteroatoms. The fourth-order valence-electron chi connectivity index (χ4n) is 1.63. The van der Waals surface area contributed by atoms with Gasteiger partial charge in [0.2, 0.25) is 5.91 Å². The minimum atomic E-state index is -0.146. The number of rotatable bonds is 6. The number of aromatic nitrogens is 3. The van der Waals surface area contributed by atoms with E-state index in [9.17, 15) is 4.79 Å². The standard InChI is InChI=1S/C14H16N4O2/c1-20-12-4-2-3-11(9-12)5-6-14(19)15-8-7-13-16-10-17-18-13/h2-6,9-10H,7-8H2,1H3,(H,15,19)(H,16,17,18). The van der Waals surface area contributed by atoms with Crippen LogP contribution in [-0.2, 0) is 11.2 Å². The smallest absolute Gasteiger partial charge is 0.244 e. The normalized spacial score (nSPS) is 10.7. The molecular formula is C14H16N4O2. The number of methoxy groups -OCH3 is 1. The molecule has 0 bridgehead atoms. The fraction of sp³-hybridized carbons (Fsp3) is 0.214. The van der Waals surface area contributed by atoms with Crippen molar-refractivity contribution in [2.24, 2.45) is 0 Å². The SMILES string of the molecule is COc1cccc(C=CC(=O)NCCc2ncn[nH]2)c1. The van der Waals surface area contributed by atoms with Gasteiger partial charge in [0, 0.05) is 19.0 Å². The van der Waals surface area contributed by atoms with E-state index in [1.807, 2.05) is 24.3 Å². The van der Waals surface area contributed by atoms with Crippen LogP contribution >= 0.6 is 0 Å². The van der Waals surface area contributed by atoms with Crippen LogP contribution in [0.4, 0.5) is 0 Å². The number of ether oxygens (including phenoxy) is 1. The molecule has 1 heterocycles. The van der Waals surface area contributed by atoms with Crippen molar-refractivity contribution in [2.45, 2.75) is 6.42 Å². The zero-order chi connectivity index (χ0) is 14.2. The molecule has 2 rings (SSSR count). The van der Waals surface area contributed by atoms with Gasteiger partial charge in [-0.25, -0.2) is 4.98 Å². The molecule has 0 saturated carbocycles. The fourth-order valence-corrected chi connectivity index (χ4v) is 1.63. The lowest BCUT2D eigenvalue weighted by Crippen LogP contribution is -2.23. The zero-order valence-corrected chi connectivity index (χ0v) is 11.2. The Balaban J connectivity index is 1.79. The Morgan fingerprint density at radius 2 is 2.40 bits per heavy atom. The van der Waals surface area contributed by atoms with Crippen LogP contribution in [0.2, 0.25) is 0 Å². The Morgan fingerprint density at radius 1 is 1.50 bits per heavy atom. The Hall–Kier alpha value is -2.63. The van der Waals surface area contributed by atoms with E-state index in [2.05, 4.69) is 20.5 Å². The molecule has 0 aliphatic rings. The van der Waals surface area contributed by atoms with Gasteiger partial charge in [-0.3, -0.25) is 9.89 Å². The monoisotopic (exact) mass is 272 g/mol. The molecule has 1 amide bonds. The van der Waals surface area contributed by atoms with Gasteiger partial charge in [0.25, 0.3) is 0 Å². The van der Waals surface area contributed by atoms with E-state index < -0.39 is 0 Å². The van der Waals surface area contributed by atoms with Crippen LogP contribution < -0.4 is 10.1 Å². The summed E-state index contributed by atoms with van der Waals surface area (Å²) in [5.74, 6) is 1.37. The van der Waals surface area contributed by atoms with Crippen molar-refractivity contribution in [2.75, 3.05) is 13.7 Å². The molecule has 20 heavy (non-hydrogen) atoms. The summed E-state index contributed by atoms with van der Waals surface area (Å²) in [6.07, 6.45) is 5.31. The number of H-pyrrole nitrogens is 1. The summed E-state index contributed by atoms with van der Waals surface area (Å²) < 4.78 is 5.12. The first-order valence-electron chi connectivity index (χ1n) is 6.22. The highest BCUT2D eigenvalue weighted by Gasteiger charge is 1.98.